The average Bonchev–Trinajstić information content (AvgIpc) is 2.99. The molecule has 1 saturated carbocycles. The number of oxazole rings is 1. The predicted molar refractivity (Wildman–Crippen MR) is 85.7 cm³/mol. The van der Waals surface area contributed by atoms with Gasteiger partial charge in [-0.1, -0.05) is 11.8 Å². The van der Waals surface area contributed by atoms with E-state index in [4.69, 9.17) is 14.9 Å². The first-order valence-electron chi connectivity index (χ1n) is 7.86. The van der Waals surface area contributed by atoms with Gasteiger partial charge in [-0.3, -0.25) is 14.9 Å². The van der Waals surface area contributed by atoms with Gasteiger partial charge in [-0.05, 0) is 44.9 Å². The van der Waals surface area contributed by atoms with E-state index in [0.29, 0.717) is 18.3 Å². The van der Waals surface area contributed by atoms with Gasteiger partial charge in [-0.2, -0.15) is 4.98 Å². The van der Waals surface area contributed by atoms with Crippen LogP contribution in [-0.2, 0) is 16.1 Å². The minimum Gasteiger partial charge on any atom is -0.429 e. The van der Waals surface area contributed by atoms with Crippen molar-refractivity contribution in [3.63, 3.8) is 0 Å². The summed E-state index contributed by atoms with van der Waals surface area (Å²) in [6, 6.07) is 0.173. The van der Waals surface area contributed by atoms with E-state index >= 15 is 0 Å². The number of nitrogens with two attached hydrogens (primary N) is 1. The fourth-order valence-electron chi connectivity index (χ4n) is 3.17. The highest BCUT2D eigenvalue weighted by molar-refractivity contribution is 8.15. The van der Waals surface area contributed by atoms with Crippen molar-refractivity contribution >= 4 is 28.9 Å². The van der Waals surface area contributed by atoms with Gasteiger partial charge in [0.15, 0.2) is 0 Å². The van der Waals surface area contributed by atoms with Crippen molar-refractivity contribution in [2.24, 2.45) is 5.92 Å². The van der Waals surface area contributed by atoms with Crippen LogP contribution in [0.3, 0.4) is 0 Å². The molecule has 126 valence electrons. The minimum atomic E-state index is -0.223. The third kappa shape index (κ3) is 4.06. The first-order valence-corrected chi connectivity index (χ1v) is 8.74. The molecule has 1 unspecified atom stereocenters. The summed E-state index contributed by atoms with van der Waals surface area (Å²) in [6.45, 7) is 2.24. The summed E-state index contributed by atoms with van der Waals surface area (Å²) >= 11 is 1.12. The van der Waals surface area contributed by atoms with E-state index in [2.05, 4.69) is 10.3 Å². The van der Waals surface area contributed by atoms with Crippen LogP contribution in [0.1, 0.15) is 43.6 Å². The smallest absolute Gasteiger partial charge is 0.292 e. The highest BCUT2D eigenvalue weighted by atomic mass is 32.2. The lowest BCUT2D eigenvalue weighted by Gasteiger charge is -2.29. The molecule has 0 aromatic carbocycles. The van der Waals surface area contributed by atoms with E-state index < -0.39 is 0 Å². The second-order valence-corrected chi connectivity index (χ2v) is 7.30. The van der Waals surface area contributed by atoms with E-state index in [9.17, 15) is 9.59 Å². The zero-order chi connectivity index (χ0) is 16.4. The monoisotopic (exact) mass is 339 g/mol. The summed E-state index contributed by atoms with van der Waals surface area (Å²) in [5, 5.41) is 1.91. The summed E-state index contributed by atoms with van der Waals surface area (Å²) < 4.78 is 11.1. The summed E-state index contributed by atoms with van der Waals surface area (Å²) in [5.41, 5.74) is 6.27. The molecule has 0 radical (unpaired) electrons. The number of carbonyl (C=O) groups excluding carboxylic acids is 2. The van der Waals surface area contributed by atoms with Crippen LogP contribution in [0, 0.1) is 12.8 Å². The second kappa shape index (κ2) is 6.92. The van der Waals surface area contributed by atoms with Gasteiger partial charge in [-0.25, -0.2) is 0 Å². The second-order valence-electron chi connectivity index (χ2n) is 6.13. The third-order valence-electron chi connectivity index (χ3n) is 4.47. The highest BCUT2D eigenvalue weighted by Crippen LogP contribution is 2.34. The Morgan fingerprint density at radius 3 is 2.65 bits per heavy atom. The number of thioether (sulfide) groups is 1. The first kappa shape index (κ1) is 16.3. The molecule has 1 aromatic heterocycles. The van der Waals surface area contributed by atoms with E-state index in [1.165, 1.54) is 0 Å². The molecule has 0 spiro atoms. The van der Waals surface area contributed by atoms with Crippen LogP contribution in [0.25, 0.3) is 0 Å². The lowest BCUT2D eigenvalue weighted by Crippen LogP contribution is -2.28. The molecule has 3 N–H and O–H groups in total. The number of carbonyl (C=O) groups is 2. The molecular formula is C15H21N3O4S. The quantitative estimate of drug-likeness (QED) is 0.848. The topological polar surface area (TPSA) is 107 Å². The number of nitrogens with zero attached hydrogens (tertiary/aromatic N) is 1. The van der Waals surface area contributed by atoms with Crippen molar-refractivity contribution < 1.29 is 18.7 Å². The van der Waals surface area contributed by atoms with Crippen LogP contribution < -0.4 is 11.1 Å². The summed E-state index contributed by atoms with van der Waals surface area (Å²) in [5.74, 6) is 1.04. The normalized spacial score (nSPS) is 28.1. The van der Waals surface area contributed by atoms with Gasteiger partial charge in [0.25, 0.3) is 11.3 Å². The SMILES string of the molecule is Cc1oc(N)nc1COC1CCC(CC2SC(=O)NC2=O)CC1. The molecule has 1 saturated heterocycles. The number of aromatic nitrogens is 1. The molecule has 7 nitrogen and oxygen atoms in total. The highest BCUT2D eigenvalue weighted by Gasteiger charge is 2.34. The predicted octanol–water partition coefficient (Wildman–Crippen LogP) is 2.38. The molecule has 2 amide bonds. The Bertz CT molecular complexity index is 596. The number of ether oxygens (including phenoxy) is 1. The maximum Gasteiger partial charge on any atom is 0.292 e. The van der Waals surface area contributed by atoms with Crippen molar-refractivity contribution in [3.8, 4) is 0 Å². The number of nitrogens with one attached hydrogen (secondary N) is 1. The van der Waals surface area contributed by atoms with E-state index in [-0.39, 0.29) is 28.5 Å². The van der Waals surface area contributed by atoms with Gasteiger partial charge < -0.3 is 14.9 Å². The molecule has 23 heavy (non-hydrogen) atoms. The maximum atomic E-state index is 11.6. The third-order valence-corrected chi connectivity index (χ3v) is 5.48. The lowest BCUT2D eigenvalue weighted by atomic mass is 9.84. The molecule has 2 aliphatic rings. The molecule has 3 rings (SSSR count). The Kier molecular flexibility index (Phi) is 4.91. The number of rotatable bonds is 5. The average molecular weight is 339 g/mol. The lowest BCUT2D eigenvalue weighted by molar-refractivity contribution is -0.119. The Balaban J connectivity index is 1.41. The number of hydrogen-bond acceptors (Lipinski definition) is 7. The Labute approximate surface area is 138 Å². The first-order chi connectivity index (χ1) is 11.0. The van der Waals surface area contributed by atoms with Crippen molar-refractivity contribution in [2.45, 2.75) is 57.0 Å². The van der Waals surface area contributed by atoms with Crippen molar-refractivity contribution in [2.75, 3.05) is 5.73 Å². The summed E-state index contributed by atoms with van der Waals surface area (Å²) in [4.78, 5) is 26.9. The van der Waals surface area contributed by atoms with E-state index in [0.717, 1.165) is 49.6 Å². The van der Waals surface area contributed by atoms with Crippen LogP contribution in [0.4, 0.5) is 10.8 Å². The largest absolute Gasteiger partial charge is 0.429 e. The summed E-state index contributed by atoms with van der Waals surface area (Å²) in [6.07, 6.45) is 4.93. The number of nitrogen functional groups attached to an aromatic ring is 1. The maximum absolute atomic E-state index is 11.6. The molecule has 1 aromatic rings. The van der Waals surface area contributed by atoms with Gasteiger partial charge in [0.2, 0.25) is 5.91 Å². The van der Waals surface area contributed by atoms with Crippen molar-refractivity contribution in [1.82, 2.24) is 10.3 Å². The minimum absolute atomic E-state index is 0.141. The van der Waals surface area contributed by atoms with Gasteiger partial charge in [0.05, 0.1) is 18.0 Å². The van der Waals surface area contributed by atoms with Crippen LogP contribution in [0.15, 0.2) is 4.42 Å². The molecule has 1 aliphatic heterocycles. The molecule has 1 aliphatic carbocycles. The van der Waals surface area contributed by atoms with Crippen molar-refractivity contribution in [1.29, 1.82) is 0 Å². The number of aryl methyl sites for hydroxylation is 1. The number of amides is 2. The summed E-state index contributed by atoms with van der Waals surface area (Å²) in [7, 11) is 0. The molecule has 2 heterocycles. The van der Waals surface area contributed by atoms with Gasteiger partial charge in [0, 0.05) is 0 Å². The number of hydrogen-bond donors (Lipinski definition) is 2. The molecule has 2 fully saturated rings. The van der Waals surface area contributed by atoms with Gasteiger partial charge in [0.1, 0.15) is 11.5 Å². The van der Waals surface area contributed by atoms with Crippen LogP contribution in [-0.4, -0.2) is 27.5 Å². The van der Waals surface area contributed by atoms with Gasteiger partial charge >= 0.3 is 0 Å². The number of anilines is 1. The zero-order valence-electron chi connectivity index (χ0n) is 13.0. The van der Waals surface area contributed by atoms with Crippen molar-refractivity contribution in [3.05, 3.63) is 11.5 Å². The van der Waals surface area contributed by atoms with Crippen LogP contribution >= 0.6 is 11.8 Å². The van der Waals surface area contributed by atoms with Crippen LogP contribution in [0.2, 0.25) is 0 Å². The fraction of sp³-hybridized carbons (Fsp3) is 0.667. The molecule has 1 atom stereocenters. The Hall–Kier alpha value is -1.54. The standard InChI is InChI=1S/C15H21N3O4S/c1-8-11(17-14(16)22-8)7-21-10-4-2-9(3-5-10)6-12-13(19)18-15(20)23-12/h9-10,12H,2-7H2,1H3,(H2,16,17)(H,18,19,20). The molecule has 8 heteroatoms. The Morgan fingerprint density at radius 2 is 2.09 bits per heavy atom. The van der Waals surface area contributed by atoms with E-state index in [1.54, 1.807) is 0 Å². The fourth-order valence-corrected chi connectivity index (χ4v) is 4.12. The zero-order valence-corrected chi connectivity index (χ0v) is 13.9. The number of imide groups is 1. The van der Waals surface area contributed by atoms with Crippen LogP contribution in [0.5, 0.6) is 0 Å². The van der Waals surface area contributed by atoms with Gasteiger partial charge in [-0.15, -0.1) is 0 Å². The molecule has 0 bridgehead atoms. The Morgan fingerprint density at radius 1 is 1.35 bits per heavy atom. The van der Waals surface area contributed by atoms with E-state index in [1.807, 2.05) is 6.92 Å². The molecular weight excluding hydrogens is 318 g/mol.